The van der Waals surface area contributed by atoms with Crippen LogP contribution in [0, 0.1) is 10.1 Å². The third-order valence-corrected chi connectivity index (χ3v) is 3.00. The van der Waals surface area contributed by atoms with E-state index in [4.69, 9.17) is 12.2 Å². The summed E-state index contributed by atoms with van der Waals surface area (Å²) in [4.78, 5) is 10.0. The molecule has 0 unspecified atom stereocenters. The predicted molar refractivity (Wildman–Crippen MR) is 70.8 cm³/mol. The SMILES string of the molecule is CSC(=S)NNCc1cc([N+](=O)[O-])ccc1O. The Morgan fingerprint density at radius 3 is 2.94 bits per heavy atom. The fraction of sp³-hybridized carbons (Fsp3) is 0.222. The van der Waals surface area contributed by atoms with Crippen LogP contribution >= 0.6 is 24.0 Å². The molecule has 0 aliphatic rings. The van der Waals surface area contributed by atoms with Crippen molar-refractivity contribution in [3.8, 4) is 5.75 Å². The van der Waals surface area contributed by atoms with Gasteiger partial charge < -0.3 is 10.5 Å². The van der Waals surface area contributed by atoms with Gasteiger partial charge in [-0.3, -0.25) is 10.1 Å². The van der Waals surface area contributed by atoms with Crippen molar-refractivity contribution in [3.63, 3.8) is 0 Å². The average molecular weight is 273 g/mol. The third kappa shape index (κ3) is 4.17. The van der Waals surface area contributed by atoms with Gasteiger partial charge in [-0.15, -0.1) is 0 Å². The van der Waals surface area contributed by atoms with Crippen LogP contribution in [0.4, 0.5) is 5.69 Å². The summed E-state index contributed by atoms with van der Waals surface area (Å²) in [5.41, 5.74) is 5.85. The highest BCUT2D eigenvalue weighted by atomic mass is 32.2. The molecule has 0 fully saturated rings. The molecule has 1 aromatic carbocycles. The summed E-state index contributed by atoms with van der Waals surface area (Å²) in [6, 6.07) is 3.85. The summed E-state index contributed by atoms with van der Waals surface area (Å²) in [7, 11) is 0. The second-order valence-electron chi connectivity index (χ2n) is 3.04. The Hall–Kier alpha value is -1.38. The van der Waals surface area contributed by atoms with E-state index in [2.05, 4.69) is 10.9 Å². The first-order valence-corrected chi connectivity index (χ1v) is 6.21. The Labute approximate surface area is 108 Å². The molecule has 92 valence electrons. The van der Waals surface area contributed by atoms with E-state index >= 15 is 0 Å². The molecule has 0 radical (unpaired) electrons. The highest BCUT2D eigenvalue weighted by molar-refractivity contribution is 8.22. The summed E-state index contributed by atoms with van der Waals surface area (Å²) in [6.07, 6.45) is 1.82. The van der Waals surface area contributed by atoms with E-state index in [0.717, 1.165) is 0 Å². The monoisotopic (exact) mass is 273 g/mol. The Morgan fingerprint density at radius 2 is 2.35 bits per heavy atom. The van der Waals surface area contributed by atoms with Gasteiger partial charge in [0.05, 0.1) is 4.92 Å². The smallest absolute Gasteiger partial charge is 0.270 e. The van der Waals surface area contributed by atoms with Crippen molar-refractivity contribution in [2.45, 2.75) is 6.54 Å². The van der Waals surface area contributed by atoms with E-state index in [9.17, 15) is 15.2 Å². The maximum absolute atomic E-state index is 10.6. The van der Waals surface area contributed by atoms with E-state index in [-0.39, 0.29) is 18.0 Å². The molecular weight excluding hydrogens is 262 g/mol. The first-order chi connectivity index (χ1) is 8.04. The fourth-order valence-electron chi connectivity index (χ4n) is 1.09. The van der Waals surface area contributed by atoms with Crippen molar-refractivity contribution in [2.24, 2.45) is 0 Å². The molecule has 1 rings (SSSR count). The molecule has 17 heavy (non-hydrogen) atoms. The Bertz CT molecular complexity index is 439. The first-order valence-electron chi connectivity index (χ1n) is 4.57. The van der Waals surface area contributed by atoms with Crippen LogP contribution in [-0.4, -0.2) is 20.6 Å². The molecule has 0 saturated carbocycles. The lowest BCUT2D eigenvalue weighted by Gasteiger charge is -2.08. The summed E-state index contributed by atoms with van der Waals surface area (Å²) in [5.74, 6) is -0.0000279. The molecule has 0 amide bonds. The minimum Gasteiger partial charge on any atom is -0.508 e. The van der Waals surface area contributed by atoms with E-state index < -0.39 is 4.92 Å². The molecule has 0 heterocycles. The van der Waals surface area contributed by atoms with Gasteiger partial charge in [0.1, 0.15) is 10.1 Å². The zero-order chi connectivity index (χ0) is 12.8. The van der Waals surface area contributed by atoms with Gasteiger partial charge in [-0.05, 0) is 12.3 Å². The van der Waals surface area contributed by atoms with Crippen molar-refractivity contribution in [3.05, 3.63) is 33.9 Å². The van der Waals surface area contributed by atoms with Gasteiger partial charge in [0, 0.05) is 24.2 Å². The van der Waals surface area contributed by atoms with Gasteiger partial charge >= 0.3 is 0 Å². The highest BCUT2D eigenvalue weighted by Gasteiger charge is 2.09. The minimum atomic E-state index is -0.511. The number of benzene rings is 1. The lowest BCUT2D eigenvalue weighted by molar-refractivity contribution is -0.384. The van der Waals surface area contributed by atoms with Crippen molar-refractivity contribution in [1.29, 1.82) is 0 Å². The van der Waals surface area contributed by atoms with Crippen molar-refractivity contribution in [1.82, 2.24) is 10.9 Å². The first kappa shape index (κ1) is 13.7. The zero-order valence-corrected chi connectivity index (χ0v) is 10.6. The molecule has 0 atom stereocenters. The molecular formula is C9H11N3O3S2. The van der Waals surface area contributed by atoms with Crippen LogP contribution in [0.15, 0.2) is 18.2 Å². The molecule has 8 heteroatoms. The molecule has 0 saturated heterocycles. The number of nitro benzene ring substituents is 1. The van der Waals surface area contributed by atoms with Gasteiger partial charge in [-0.25, -0.2) is 5.43 Å². The van der Waals surface area contributed by atoms with Gasteiger partial charge in [0.2, 0.25) is 0 Å². The molecule has 1 aromatic rings. The number of hydrogen-bond acceptors (Lipinski definition) is 6. The van der Waals surface area contributed by atoms with Crippen LogP contribution in [0.1, 0.15) is 5.56 Å². The van der Waals surface area contributed by atoms with E-state index in [1.807, 2.05) is 6.26 Å². The van der Waals surface area contributed by atoms with Crippen LogP contribution in [0.3, 0.4) is 0 Å². The van der Waals surface area contributed by atoms with Crippen molar-refractivity contribution in [2.75, 3.05) is 6.26 Å². The number of nitrogens with one attached hydrogen (secondary N) is 2. The second-order valence-corrected chi connectivity index (χ2v) is 4.52. The molecule has 0 aliphatic carbocycles. The predicted octanol–water partition coefficient (Wildman–Crippen LogP) is 1.54. The van der Waals surface area contributed by atoms with Crippen molar-refractivity contribution >= 4 is 34.0 Å². The standard InChI is InChI=1S/C9H11N3O3S2/c1-17-9(16)11-10-5-6-4-7(12(14)15)2-3-8(6)13/h2-4,10,13H,5H2,1H3,(H,11,16). The number of hydrazine groups is 1. The molecule has 0 aliphatic heterocycles. The number of thiocarbonyl (C=S) groups is 1. The zero-order valence-electron chi connectivity index (χ0n) is 8.97. The minimum absolute atomic E-state index is 0.0000279. The molecule has 0 spiro atoms. The molecule has 3 N–H and O–H groups in total. The Balaban J connectivity index is 2.66. The Kier molecular flexibility index (Phi) is 5.13. The van der Waals surface area contributed by atoms with E-state index in [0.29, 0.717) is 9.88 Å². The maximum Gasteiger partial charge on any atom is 0.270 e. The van der Waals surface area contributed by atoms with Gasteiger partial charge in [-0.1, -0.05) is 24.0 Å². The summed E-state index contributed by atoms with van der Waals surface area (Å²) in [5, 5.41) is 20.1. The number of nitro groups is 1. The molecule has 0 aromatic heterocycles. The second kappa shape index (κ2) is 6.38. The normalized spacial score (nSPS) is 9.94. The largest absolute Gasteiger partial charge is 0.508 e. The number of aromatic hydroxyl groups is 1. The van der Waals surface area contributed by atoms with E-state index in [1.54, 1.807) is 0 Å². The number of nitrogens with zero attached hydrogens (tertiary/aromatic N) is 1. The maximum atomic E-state index is 10.6. The number of phenols is 1. The quantitative estimate of drug-likeness (QED) is 0.436. The topological polar surface area (TPSA) is 87.4 Å². The van der Waals surface area contributed by atoms with Crippen LogP contribution in [0.5, 0.6) is 5.75 Å². The number of non-ortho nitro benzene ring substituents is 1. The van der Waals surface area contributed by atoms with Crippen molar-refractivity contribution < 1.29 is 10.0 Å². The summed E-state index contributed by atoms with van der Waals surface area (Å²) in [6.45, 7) is 0.230. The average Bonchev–Trinajstić information content (AvgIpc) is 2.30. The fourth-order valence-corrected chi connectivity index (χ4v) is 1.34. The number of rotatable bonds is 4. The Morgan fingerprint density at radius 1 is 1.65 bits per heavy atom. The van der Waals surface area contributed by atoms with Crippen LogP contribution < -0.4 is 10.9 Å². The summed E-state index contributed by atoms with van der Waals surface area (Å²) >= 11 is 6.25. The lowest BCUT2D eigenvalue weighted by Crippen LogP contribution is -2.33. The van der Waals surface area contributed by atoms with Gasteiger partial charge in [0.25, 0.3) is 5.69 Å². The lowest BCUT2D eigenvalue weighted by atomic mass is 10.2. The molecule has 0 bridgehead atoms. The third-order valence-electron chi connectivity index (χ3n) is 1.93. The number of thioether (sulfide) groups is 1. The van der Waals surface area contributed by atoms with Crippen LogP contribution in [0.2, 0.25) is 0 Å². The highest BCUT2D eigenvalue weighted by Crippen LogP contribution is 2.22. The molecule has 6 nitrogen and oxygen atoms in total. The summed E-state index contributed by atoms with van der Waals surface area (Å²) < 4.78 is 0.551. The van der Waals surface area contributed by atoms with Gasteiger partial charge in [0.15, 0.2) is 0 Å². The van der Waals surface area contributed by atoms with Crippen LogP contribution in [-0.2, 0) is 6.54 Å². The van der Waals surface area contributed by atoms with Crippen LogP contribution in [0.25, 0.3) is 0 Å². The van der Waals surface area contributed by atoms with E-state index in [1.165, 1.54) is 30.0 Å². The van der Waals surface area contributed by atoms with Gasteiger partial charge in [-0.2, -0.15) is 0 Å². The number of phenolic OH excluding ortho intramolecular Hbond substituents is 1. The number of hydrogen-bond donors (Lipinski definition) is 3.